The Morgan fingerprint density at radius 3 is 2.62 bits per heavy atom. The Morgan fingerprint density at radius 1 is 1.29 bits per heavy atom. The van der Waals surface area contributed by atoms with Crippen molar-refractivity contribution in [3.8, 4) is 5.69 Å². The number of carbonyl (C=O) groups is 2. The monoisotopic (exact) mass is 329 g/mol. The van der Waals surface area contributed by atoms with E-state index in [1.807, 2.05) is 30.3 Å². The molecule has 0 aliphatic heterocycles. The van der Waals surface area contributed by atoms with Gasteiger partial charge in [0.15, 0.2) is 0 Å². The van der Waals surface area contributed by atoms with Crippen LogP contribution in [0.4, 0.5) is 0 Å². The number of para-hydroxylation sites is 1. The van der Waals surface area contributed by atoms with Gasteiger partial charge in [-0.1, -0.05) is 38.5 Å². The number of rotatable bonds is 8. The molecule has 1 unspecified atom stereocenters. The maximum atomic E-state index is 12.5. The van der Waals surface area contributed by atoms with Gasteiger partial charge in [-0.2, -0.15) is 5.10 Å². The van der Waals surface area contributed by atoms with Gasteiger partial charge in [-0.05, 0) is 24.5 Å². The van der Waals surface area contributed by atoms with E-state index in [0.717, 1.165) is 24.2 Å². The van der Waals surface area contributed by atoms with Gasteiger partial charge in [0, 0.05) is 13.0 Å². The molecule has 0 bridgehead atoms. The van der Waals surface area contributed by atoms with E-state index < -0.39 is 5.97 Å². The summed E-state index contributed by atoms with van der Waals surface area (Å²) in [6.45, 7) is 4.18. The molecule has 0 saturated carbocycles. The van der Waals surface area contributed by atoms with Crippen LogP contribution in [-0.2, 0) is 11.2 Å². The summed E-state index contributed by atoms with van der Waals surface area (Å²) in [6.07, 6.45) is 3.25. The summed E-state index contributed by atoms with van der Waals surface area (Å²) in [5, 5.41) is 16.0. The molecule has 2 rings (SSSR count). The zero-order valence-electron chi connectivity index (χ0n) is 14.0. The largest absolute Gasteiger partial charge is 0.481 e. The van der Waals surface area contributed by atoms with Crippen LogP contribution in [0.2, 0.25) is 0 Å². The Labute approximate surface area is 141 Å². The minimum Gasteiger partial charge on any atom is -0.481 e. The summed E-state index contributed by atoms with van der Waals surface area (Å²) in [5.41, 5.74) is 2.33. The number of benzene rings is 1. The van der Waals surface area contributed by atoms with Crippen LogP contribution < -0.4 is 5.32 Å². The summed E-state index contributed by atoms with van der Waals surface area (Å²) < 4.78 is 1.79. The third-order valence-electron chi connectivity index (χ3n) is 3.74. The standard InChI is InChI=1S/C18H23N3O3/c1-3-7-16-15(18(24)19-11-13(2)10-17(22)23)12-20-21(16)14-8-5-4-6-9-14/h4-6,8-9,12-13H,3,7,10-11H2,1-2H3,(H,19,24)(H,22,23). The van der Waals surface area contributed by atoms with E-state index in [-0.39, 0.29) is 18.2 Å². The lowest BCUT2D eigenvalue weighted by atomic mass is 10.1. The summed E-state index contributed by atoms with van der Waals surface area (Å²) >= 11 is 0. The summed E-state index contributed by atoms with van der Waals surface area (Å²) in [5.74, 6) is -1.19. The number of amides is 1. The molecule has 2 N–H and O–H groups in total. The van der Waals surface area contributed by atoms with Gasteiger partial charge >= 0.3 is 5.97 Å². The van der Waals surface area contributed by atoms with Crippen LogP contribution in [0, 0.1) is 5.92 Å². The van der Waals surface area contributed by atoms with Crippen molar-refractivity contribution in [2.45, 2.75) is 33.1 Å². The van der Waals surface area contributed by atoms with E-state index >= 15 is 0 Å². The molecule has 0 spiro atoms. The molecular formula is C18H23N3O3. The number of aliphatic carboxylic acids is 1. The highest BCUT2D eigenvalue weighted by Crippen LogP contribution is 2.17. The van der Waals surface area contributed by atoms with Crippen LogP contribution in [0.3, 0.4) is 0 Å². The van der Waals surface area contributed by atoms with Gasteiger partial charge < -0.3 is 10.4 Å². The van der Waals surface area contributed by atoms with Crippen molar-refractivity contribution in [1.29, 1.82) is 0 Å². The zero-order valence-corrected chi connectivity index (χ0v) is 14.0. The second kappa shape index (κ2) is 8.29. The molecule has 0 saturated heterocycles. The van der Waals surface area contributed by atoms with Crippen molar-refractivity contribution < 1.29 is 14.7 Å². The maximum absolute atomic E-state index is 12.5. The number of nitrogens with one attached hydrogen (secondary N) is 1. The minimum atomic E-state index is -0.861. The second-order valence-corrected chi connectivity index (χ2v) is 5.92. The van der Waals surface area contributed by atoms with Crippen molar-refractivity contribution in [2.75, 3.05) is 6.54 Å². The van der Waals surface area contributed by atoms with E-state index in [1.54, 1.807) is 17.8 Å². The van der Waals surface area contributed by atoms with Crippen LogP contribution >= 0.6 is 0 Å². The molecule has 0 radical (unpaired) electrons. The number of nitrogens with zero attached hydrogens (tertiary/aromatic N) is 2. The predicted molar refractivity (Wildman–Crippen MR) is 91.3 cm³/mol. The van der Waals surface area contributed by atoms with E-state index in [2.05, 4.69) is 17.3 Å². The molecule has 0 aliphatic carbocycles. The molecule has 2 aromatic rings. The van der Waals surface area contributed by atoms with Crippen LogP contribution in [0.1, 0.15) is 42.7 Å². The molecule has 1 heterocycles. The Morgan fingerprint density at radius 2 is 2.00 bits per heavy atom. The van der Waals surface area contributed by atoms with E-state index in [4.69, 9.17) is 5.11 Å². The highest BCUT2D eigenvalue weighted by Gasteiger charge is 2.18. The first kappa shape index (κ1) is 17.7. The van der Waals surface area contributed by atoms with E-state index in [0.29, 0.717) is 12.1 Å². The smallest absolute Gasteiger partial charge is 0.303 e. The molecule has 6 nitrogen and oxygen atoms in total. The average Bonchev–Trinajstić information content (AvgIpc) is 2.97. The van der Waals surface area contributed by atoms with E-state index in [1.165, 1.54) is 0 Å². The molecule has 24 heavy (non-hydrogen) atoms. The molecule has 1 atom stereocenters. The highest BCUT2D eigenvalue weighted by atomic mass is 16.4. The first-order valence-corrected chi connectivity index (χ1v) is 8.15. The summed E-state index contributed by atoms with van der Waals surface area (Å²) in [6, 6.07) is 9.69. The molecule has 6 heteroatoms. The van der Waals surface area contributed by atoms with Gasteiger partial charge in [-0.15, -0.1) is 0 Å². The van der Waals surface area contributed by atoms with Crippen LogP contribution in [0.25, 0.3) is 5.69 Å². The molecule has 128 valence electrons. The third-order valence-corrected chi connectivity index (χ3v) is 3.74. The highest BCUT2D eigenvalue weighted by molar-refractivity contribution is 5.95. The predicted octanol–water partition coefficient (Wildman–Crippen LogP) is 2.67. The molecule has 0 aliphatic rings. The van der Waals surface area contributed by atoms with Crippen LogP contribution in [-0.4, -0.2) is 33.3 Å². The molecule has 1 aromatic heterocycles. The lowest BCUT2D eigenvalue weighted by Gasteiger charge is -2.12. The fourth-order valence-corrected chi connectivity index (χ4v) is 2.56. The number of carbonyl (C=O) groups excluding carboxylic acids is 1. The normalized spacial score (nSPS) is 11.9. The van der Waals surface area contributed by atoms with Crippen molar-refractivity contribution >= 4 is 11.9 Å². The van der Waals surface area contributed by atoms with Crippen molar-refractivity contribution in [1.82, 2.24) is 15.1 Å². The quantitative estimate of drug-likeness (QED) is 0.780. The fraction of sp³-hybridized carbons (Fsp3) is 0.389. The summed E-state index contributed by atoms with van der Waals surface area (Å²) in [4.78, 5) is 23.2. The van der Waals surface area contributed by atoms with Gasteiger partial charge in [-0.3, -0.25) is 9.59 Å². The first-order valence-electron chi connectivity index (χ1n) is 8.15. The lowest BCUT2D eigenvalue weighted by molar-refractivity contribution is -0.137. The Kier molecular flexibility index (Phi) is 6.12. The SMILES string of the molecule is CCCc1c(C(=O)NCC(C)CC(=O)O)cnn1-c1ccccc1. The molecular weight excluding hydrogens is 306 g/mol. The van der Waals surface area contributed by atoms with Gasteiger partial charge in [0.2, 0.25) is 0 Å². The van der Waals surface area contributed by atoms with Crippen molar-refractivity contribution in [2.24, 2.45) is 5.92 Å². The summed E-state index contributed by atoms with van der Waals surface area (Å²) in [7, 11) is 0. The Bertz CT molecular complexity index is 695. The van der Waals surface area contributed by atoms with Gasteiger partial charge in [0.05, 0.1) is 23.1 Å². The minimum absolute atomic E-state index is 0.0331. The van der Waals surface area contributed by atoms with Gasteiger partial charge in [-0.25, -0.2) is 4.68 Å². The number of hydrogen-bond acceptors (Lipinski definition) is 3. The molecule has 1 aromatic carbocycles. The third kappa shape index (κ3) is 4.44. The average molecular weight is 329 g/mol. The van der Waals surface area contributed by atoms with Crippen LogP contribution in [0.15, 0.2) is 36.5 Å². The number of carboxylic acid groups (broad SMARTS) is 1. The Hall–Kier alpha value is -2.63. The van der Waals surface area contributed by atoms with Gasteiger partial charge in [0.1, 0.15) is 0 Å². The van der Waals surface area contributed by atoms with E-state index in [9.17, 15) is 9.59 Å². The second-order valence-electron chi connectivity index (χ2n) is 5.92. The zero-order chi connectivity index (χ0) is 17.5. The van der Waals surface area contributed by atoms with Crippen LogP contribution in [0.5, 0.6) is 0 Å². The van der Waals surface area contributed by atoms with Crippen molar-refractivity contribution in [3.63, 3.8) is 0 Å². The molecule has 1 amide bonds. The number of hydrogen-bond donors (Lipinski definition) is 2. The molecule has 0 fully saturated rings. The number of aromatic nitrogens is 2. The Balaban J connectivity index is 2.16. The number of carboxylic acids is 1. The lowest BCUT2D eigenvalue weighted by Crippen LogP contribution is -2.29. The fourth-order valence-electron chi connectivity index (χ4n) is 2.56. The topological polar surface area (TPSA) is 84.2 Å². The van der Waals surface area contributed by atoms with Crippen molar-refractivity contribution in [3.05, 3.63) is 47.8 Å². The first-order chi connectivity index (χ1) is 11.5. The van der Waals surface area contributed by atoms with Gasteiger partial charge in [0.25, 0.3) is 5.91 Å². The maximum Gasteiger partial charge on any atom is 0.303 e.